The molecule has 1 aliphatic heterocycles. The Morgan fingerprint density at radius 3 is 2.33 bits per heavy atom. The van der Waals surface area contributed by atoms with Crippen molar-refractivity contribution in [3.63, 3.8) is 0 Å². The van der Waals surface area contributed by atoms with Gasteiger partial charge in [0.15, 0.2) is 0 Å². The van der Waals surface area contributed by atoms with Gasteiger partial charge in [0.25, 0.3) is 0 Å². The lowest BCUT2D eigenvalue weighted by Gasteiger charge is -2.36. The lowest BCUT2D eigenvalue weighted by molar-refractivity contribution is -0.128. The lowest BCUT2D eigenvalue weighted by Crippen LogP contribution is -2.49. The van der Waals surface area contributed by atoms with Gasteiger partial charge in [0, 0.05) is 43.7 Å². The highest BCUT2D eigenvalue weighted by atomic mass is 32.2. The zero-order chi connectivity index (χ0) is 19.2. The van der Waals surface area contributed by atoms with Crippen LogP contribution in [0.15, 0.2) is 53.4 Å². The van der Waals surface area contributed by atoms with Gasteiger partial charge in [-0.1, -0.05) is 12.1 Å². The van der Waals surface area contributed by atoms with Crippen molar-refractivity contribution in [3.8, 4) is 0 Å². The Morgan fingerprint density at radius 2 is 1.70 bits per heavy atom. The van der Waals surface area contributed by atoms with Crippen molar-refractivity contribution in [1.82, 2.24) is 4.90 Å². The predicted molar refractivity (Wildman–Crippen MR) is 107 cm³/mol. The van der Waals surface area contributed by atoms with Crippen LogP contribution < -0.4 is 10.2 Å². The summed E-state index contributed by atoms with van der Waals surface area (Å²) in [5.74, 6) is 0.105. The Hall–Kier alpha value is -2.54. The average Bonchev–Trinajstić information content (AvgIpc) is 2.67. The first-order valence-corrected chi connectivity index (χ1v) is 9.79. The molecule has 0 aromatic heterocycles. The number of benzene rings is 2. The van der Waals surface area contributed by atoms with Crippen molar-refractivity contribution in [3.05, 3.63) is 54.3 Å². The number of piperazine rings is 1. The van der Waals surface area contributed by atoms with E-state index in [0.717, 1.165) is 10.6 Å². The van der Waals surface area contributed by atoms with Crippen LogP contribution in [0.1, 0.15) is 6.92 Å². The van der Waals surface area contributed by atoms with E-state index in [1.54, 1.807) is 12.1 Å². The number of para-hydroxylation sites is 1. The maximum absolute atomic E-state index is 13.9. The van der Waals surface area contributed by atoms with Gasteiger partial charge >= 0.3 is 0 Å². The van der Waals surface area contributed by atoms with Crippen molar-refractivity contribution in [2.75, 3.05) is 42.1 Å². The quantitative estimate of drug-likeness (QED) is 0.801. The molecule has 0 bridgehead atoms. The second-order valence-corrected chi connectivity index (χ2v) is 7.36. The average molecular weight is 387 g/mol. The molecule has 1 N–H and O–H groups in total. The molecule has 1 heterocycles. The number of nitrogens with zero attached hydrogens (tertiary/aromatic N) is 2. The van der Waals surface area contributed by atoms with E-state index >= 15 is 0 Å². The Bertz CT molecular complexity index is 805. The minimum Gasteiger partial charge on any atom is -0.366 e. The van der Waals surface area contributed by atoms with Gasteiger partial charge < -0.3 is 15.1 Å². The van der Waals surface area contributed by atoms with Crippen LogP contribution in [0.5, 0.6) is 0 Å². The summed E-state index contributed by atoms with van der Waals surface area (Å²) in [7, 11) is 0. The molecule has 2 aromatic carbocycles. The minimum atomic E-state index is -0.226. The number of hydrogen-bond acceptors (Lipinski definition) is 4. The summed E-state index contributed by atoms with van der Waals surface area (Å²) in [5.41, 5.74) is 1.33. The van der Waals surface area contributed by atoms with Crippen LogP contribution in [0.2, 0.25) is 0 Å². The topological polar surface area (TPSA) is 52.7 Å². The molecule has 0 atom stereocenters. The van der Waals surface area contributed by atoms with E-state index in [-0.39, 0.29) is 17.6 Å². The second kappa shape index (κ2) is 8.90. The van der Waals surface area contributed by atoms with Crippen LogP contribution in [-0.4, -0.2) is 48.6 Å². The van der Waals surface area contributed by atoms with Crippen LogP contribution in [-0.2, 0) is 9.59 Å². The first-order chi connectivity index (χ1) is 13.0. The highest BCUT2D eigenvalue weighted by Crippen LogP contribution is 2.23. The van der Waals surface area contributed by atoms with Gasteiger partial charge in [0.05, 0.1) is 11.4 Å². The van der Waals surface area contributed by atoms with Crippen molar-refractivity contribution in [2.45, 2.75) is 11.8 Å². The molecule has 0 aliphatic carbocycles. The molecular formula is C20H22FN3O2S. The molecule has 0 radical (unpaired) electrons. The number of thioether (sulfide) groups is 1. The first-order valence-electron chi connectivity index (χ1n) is 8.80. The van der Waals surface area contributed by atoms with Crippen LogP contribution in [0.3, 0.4) is 0 Å². The van der Waals surface area contributed by atoms with Gasteiger partial charge in [-0.15, -0.1) is 11.8 Å². The molecule has 142 valence electrons. The maximum atomic E-state index is 13.9. The maximum Gasteiger partial charge on any atom is 0.233 e. The van der Waals surface area contributed by atoms with Crippen molar-refractivity contribution < 1.29 is 14.0 Å². The molecule has 0 unspecified atom stereocenters. The van der Waals surface area contributed by atoms with Crippen molar-refractivity contribution in [2.24, 2.45) is 0 Å². The fourth-order valence-electron chi connectivity index (χ4n) is 2.98. The van der Waals surface area contributed by atoms with Crippen LogP contribution in [0.25, 0.3) is 0 Å². The third kappa shape index (κ3) is 5.23. The second-order valence-electron chi connectivity index (χ2n) is 6.31. The fraction of sp³-hybridized carbons (Fsp3) is 0.300. The fourth-order valence-corrected chi connectivity index (χ4v) is 3.78. The van der Waals surface area contributed by atoms with E-state index in [4.69, 9.17) is 0 Å². The molecule has 0 saturated carbocycles. The standard InChI is InChI=1S/C20H22FN3O2S/c1-15(25)22-16-6-8-17(9-7-16)27-14-20(26)24-12-10-23(11-13-24)19-5-3-2-4-18(19)21/h2-9H,10-14H2,1H3,(H,22,25). The number of carbonyl (C=O) groups excluding carboxylic acids is 2. The SMILES string of the molecule is CC(=O)Nc1ccc(SCC(=O)N2CCN(c3ccccc3F)CC2)cc1. The molecule has 1 saturated heterocycles. The summed E-state index contributed by atoms with van der Waals surface area (Å²) in [6.07, 6.45) is 0. The Labute approximate surface area is 162 Å². The molecule has 27 heavy (non-hydrogen) atoms. The first kappa shape index (κ1) is 19.2. The Balaban J connectivity index is 1.47. The van der Waals surface area contributed by atoms with Gasteiger partial charge in [-0.3, -0.25) is 9.59 Å². The van der Waals surface area contributed by atoms with E-state index < -0.39 is 0 Å². The number of amides is 2. The summed E-state index contributed by atoms with van der Waals surface area (Å²) >= 11 is 1.47. The smallest absolute Gasteiger partial charge is 0.233 e. The monoisotopic (exact) mass is 387 g/mol. The molecular weight excluding hydrogens is 365 g/mol. The van der Waals surface area contributed by atoms with Gasteiger partial charge in [-0.25, -0.2) is 4.39 Å². The van der Waals surface area contributed by atoms with Gasteiger partial charge in [-0.05, 0) is 36.4 Å². The molecule has 3 rings (SSSR count). The summed E-state index contributed by atoms with van der Waals surface area (Å²) in [5, 5.41) is 2.72. The van der Waals surface area contributed by atoms with Crippen LogP contribution in [0, 0.1) is 5.82 Å². The number of halogens is 1. The molecule has 2 aromatic rings. The van der Waals surface area contributed by atoms with E-state index in [1.807, 2.05) is 40.1 Å². The summed E-state index contributed by atoms with van der Waals surface area (Å²) in [6.45, 7) is 3.91. The number of anilines is 2. The van der Waals surface area contributed by atoms with E-state index in [1.165, 1.54) is 24.8 Å². The highest BCUT2D eigenvalue weighted by molar-refractivity contribution is 8.00. The normalized spacial score (nSPS) is 14.1. The molecule has 1 aliphatic rings. The van der Waals surface area contributed by atoms with Crippen molar-refractivity contribution >= 4 is 35.0 Å². The lowest BCUT2D eigenvalue weighted by atomic mass is 10.2. The largest absolute Gasteiger partial charge is 0.366 e. The Morgan fingerprint density at radius 1 is 1.04 bits per heavy atom. The van der Waals surface area contributed by atoms with E-state index in [9.17, 15) is 14.0 Å². The van der Waals surface area contributed by atoms with E-state index in [0.29, 0.717) is 37.6 Å². The molecule has 2 amide bonds. The summed E-state index contributed by atoms with van der Waals surface area (Å²) in [6, 6.07) is 14.2. The number of rotatable bonds is 5. The number of nitrogens with one attached hydrogen (secondary N) is 1. The molecule has 5 nitrogen and oxygen atoms in total. The third-order valence-electron chi connectivity index (χ3n) is 4.36. The molecule has 0 spiro atoms. The number of hydrogen-bond donors (Lipinski definition) is 1. The minimum absolute atomic E-state index is 0.0825. The van der Waals surface area contributed by atoms with Gasteiger partial charge in [0.2, 0.25) is 11.8 Å². The van der Waals surface area contributed by atoms with Crippen LogP contribution >= 0.6 is 11.8 Å². The number of carbonyl (C=O) groups is 2. The zero-order valence-corrected chi connectivity index (χ0v) is 16.0. The highest BCUT2D eigenvalue weighted by Gasteiger charge is 2.22. The third-order valence-corrected chi connectivity index (χ3v) is 5.36. The summed E-state index contributed by atoms with van der Waals surface area (Å²) in [4.78, 5) is 28.3. The van der Waals surface area contributed by atoms with Crippen LogP contribution in [0.4, 0.5) is 15.8 Å². The Kier molecular flexibility index (Phi) is 6.34. The van der Waals surface area contributed by atoms with Crippen molar-refractivity contribution in [1.29, 1.82) is 0 Å². The predicted octanol–water partition coefficient (Wildman–Crippen LogP) is 3.23. The van der Waals surface area contributed by atoms with Gasteiger partial charge in [-0.2, -0.15) is 0 Å². The van der Waals surface area contributed by atoms with Gasteiger partial charge in [0.1, 0.15) is 5.82 Å². The van der Waals surface area contributed by atoms with E-state index in [2.05, 4.69) is 5.32 Å². The summed E-state index contributed by atoms with van der Waals surface area (Å²) < 4.78 is 13.9. The molecule has 7 heteroatoms. The molecule has 1 fully saturated rings. The zero-order valence-electron chi connectivity index (χ0n) is 15.2.